The average Bonchev–Trinajstić information content (AvgIpc) is 2.79. The van der Waals surface area contributed by atoms with Crippen molar-refractivity contribution in [2.75, 3.05) is 46.4 Å². The van der Waals surface area contributed by atoms with Gasteiger partial charge in [0.25, 0.3) is 0 Å². The van der Waals surface area contributed by atoms with Crippen molar-refractivity contribution in [3.63, 3.8) is 0 Å². The zero-order chi connectivity index (χ0) is 14.4. The number of hydrogen-bond donors (Lipinski definition) is 2. The molecule has 2 fully saturated rings. The van der Waals surface area contributed by atoms with Gasteiger partial charge in [0, 0.05) is 45.1 Å². The molecule has 0 aromatic carbocycles. The van der Waals surface area contributed by atoms with Gasteiger partial charge in [-0.15, -0.1) is 0 Å². The molecule has 1 amide bonds. The van der Waals surface area contributed by atoms with Crippen LogP contribution in [0.15, 0.2) is 4.99 Å². The summed E-state index contributed by atoms with van der Waals surface area (Å²) in [7, 11) is 1.69. The van der Waals surface area contributed by atoms with Gasteiger partial charge in [-0.05, 0) is 19.8 Å². The van der Waals surface area contributed by atoms with E-state index in [-0.39, 0.29) is 11.3 Å². The SMILES string of the molecule is CCNC(=NCCOC)N1CCCC2(CNC(=O)C2)C1. The molecule has 6 nitrogen and oxygen atoms in total. The maximum Gasteiger partial charge on any atom is 0.220 e. The molecule has 0 aromatic rings. The van der Waals surface area contributed by atoms with Gasteiger partial charge in [0.15, 0.2) is 5.96 Å². The molecule has 2 N–H and O–H groups in total. The van der Waals surface area contributed by atoms with Crippen molar-refractivity contribution in [1.82, 2.24) is 15.5 Å². The molecule has 1 unspecified atom stereocenters. The molecule has 1 spiro atoms. The van der Waals surface area contributed by atoms with E-state index in [0.29, 0.717) is 19.6 Å². The Morgan fingerprint density at radius 1 is 1.60 bits per heavy atom. The number of likely N-dealkylation sites (tertiary alicyclic amines) is 1. The number of rotatable bonds is 4. The number of carbonyl (C=O) groups excluding carboxylic acids is 1. The number of carbonyl (C=O) groups is 1. The zero-order valence-electron chi connectivity index (χ0n) is 12.6. The molecule has 6 heteroatoms. The summed E-state index contributed by atoms with van der Waals surface area (Å²) in [5, 5.41) is 6.32. The van der Waals surface area contributed by atoms with E-state index in [2.05, 4.69) is 27.4 Å². The van der Waals surface area contributed by atoms with Crippen LogP contribution in [0.5, 0.6) is 0 Å². The lowest BCUT2D eigenvalue weighted by molar-refractivity contribution is -0.119. The summed E-state index contributed by atoms with van der Waals surface area (Å²) in [6.45, 7) is 6.95. The third kappa shape index (κ3) is 3.62. The number of nitrogens with one attached hydrogen (secondary N) is 2. The number of piperidine rings is 1. The predicted octanol–water partition coefficient (Wildman–Crippen LogP) is 0.200. The first-order chi connectivity index (χ1) is 9.69. The van der Waals surface area contributed by atoms with Crippen LogP contribution < -0.4 is 10.6 Å². The monoisotopic (exact) mass is 282 g/mol. The summed E-state index contributed by atoms with van der Waals surface area (Å²) in [5.41, 5.74) is 0.104. The summed E-state index contributed by atoms with van der Waals surface area (Å²) in [6.07, 6.45) is 2.89. The van der Waals surface area contributed by atoms with E-state index in [1.165, 1.54) is 0 Å². The highest BCUT2D eigenvalue weighted by Gasteiger charge is 2.42. The number of aliphatic imine (C=N–C) groups is 1. The van der Waals surface area contributed by atoms with Crippen LogP contribution in [0.25, 0.3) is 0 Å². The maximum atomic E-state index is 11.5. The van der Waals surface area contributed by atoms with Crippen LogP contribution in [0, 0.1) is 5.41 Å². The first kappa shape index (κ1) is 15.1. The predicted molar refractivity (Wildman–Crippen MR) is 78.7 cm³/mol. The van der Waals surface area contributed by atoms with Gasteiger partial charge >= 0.3 is 0 Å². The Hall–Kier alpha value is -1.30. The van der Waals surface area contributed by atoms with Crippen molar-refractivity contribution in [3.8, 4) is 0 Å². The number of amides is 1. The Bertz CT molecular complexity index is 372. The molecule has 2 aliphatic heterocycles. The molecule has 2 rings (SSSR count). The second kappa shape index (κ2) is 6.92. The first-order valence-electron chi connectivity index (χ1n) is 7.48. The van der Waals surface area contributed by atoms with Crippen molar-refractivity contribution >= 4 is 11.9 Å². The summed E-state index contributed by atoms with van der Waals surface area (Å²) in [6, 6.07) is 0. The molecule has 0 radical (unpaired) electrons. The van der Waals surface area contributed by atoms with E-state index in [1.54, 1.807) is 7.11 Å². The lowest BCUT2D eigenvalue weighted by atomic mass is 9.79. The molecule has 1 atom stereocenters. The van der Waals surface area contributed by atoms with Gasteiger partial charge in [0.05, 0.1) is 13.2 Å². The third-order valence-corrected chi connectivity index (χ3v) is 4.05. The van der Waals surface area contributed by atoms with E-state index < -0.39 is 0 Å². The van der Waals surface area contributed by atoms with E-state index in [9.17, 15) is 4.79 Å². The van der Waals surface area contributed by atoms with Gasteiger partial charge in [-0.2, -0.15) is 0 Å². The summed E-state index contributed by atoms with van der Waals surface area (Å²) in [4.78, 5) is 18.4. The highest BCUT2D eigenvalue weighted by atomic mass is 16.5. The molecular formula is C14H26N4O2. The van der Waals surface area contributed by atoms with Crippen LogP contribution in [0.2, 0.25) is 0 Å². The van der Waals surface area contributed by atoms with Gasteiger partial charge in [0.2, 0.25) is 5.91 Å². The van der Waals surface area contributed by atoms with Crippen LogP contribution >= 0.6 is 0 Å². The number of nitrogens with zero attached hydrogens (tertiary/aromatic N) is 2. The lowest BCUT2D eigenvalue weighted by Gasteiger charge is -2.40. The van der Waals surface area contributed by atoms with Gasteiger partial charge in [-0.3, -0.25) is 9.79 Å². The van der Waals surface area contributed by atoms with Crippen molar-refractivity contribution in [1.29, 1.82) is 0 Å². The van der Waals surface area contributed by atoms with Crippen molar-refractivity contribution < 1.29 is 9.53 Å². The van der Waals surface area contributed by atoms with Crippen molar-refractivity contribution in [2.45, 2.75) is 26.2 Å². The van der Waals surface area contributed by atoms with Crippen molar-refractivity contribution in [2.24, 2.45) is 10.4 Å². The largest absolute Gasteiger partial charge is 0.383 e. The van der Waals surface area contributed by atoms with Crippen LogP contribution in [0.3, 0.4) is 0 Å². The number of methoxy groups -OCH3 is 1. The van der Waals surface area contributed by atoms with Gasteiger partial charge in [-0.25, -0.2) is 0 Å². The third-order valence-electron chi connectivity index (χ3n) is 4.05. The smallest absolute Gasteiger partial charge is 0.220 e. The van der Waals surface area contributed by atoms with Crippen LogP contribution in [0.4, 0.5) is 0 Å². The average molecular weight is 282 g/mol. The molecule has 0 aromatic heterocycles. The van der Waals surface area contributed by atoms with Gasteiger partial charge < -0.3 is 20.3 Å². The highest BCUT2D eigenvalue weighted by molar-refractivity contribution is 5.81. The Morgan fingerprint density at radius 3 is 3.10 bits per heavy atom. The molecule has 0 bridgehead atoms. The first-order valence-corrected chi connectivity index (χ1v) is 7.48. The topological polar surface area (TPSA) is 66.0 Å². The molecular weight excluding hydrogens is 256 g/mol. The minimum atomic E-state index is 0.104. The Balaban J connectivity index is 2.01. The molecule has 114 valence electrons. The van der Waals surface area contributed by atoms with Crippen LogP contribution in [-0.4, -0.2) is 63.2 Å². The number of guanidine groups is 1. The summed E-state index contributed by atoms with van der Waals surface area (Å²) < 4.78 is 5.06. The number of ether oxygens (including phenoxy) is 1. The fourth-order valence-corrected chi connectivity index (χ4v) is 3.10. The van der Waals surface area contributed by atoms with Crippen LogP contribution in [-0.2, 0) is 9.53 Å². The second-order valence-electron chi connectivity index (χ2n) is 5.71. The molecule has 2 heterocycles. The minimum Gasteiger partial charge on any atom is -0.383 e. The summed E-state index contributed by atoms with van der Waals surface area (Å²) in [5.74, 6) is 1.14. The van der Waals surface area contributed by atoms with Crippen LogP contribution in [0.1, 0.15) is 26.2 Å². The van der Waals surface area contributed by atoms with E-state index in [0.717, 1.165) is 45.0 Å². The second-order valence-corrected chi connectivity index (χ2v) is 5.71. The molecule has 0 aliphatic carbocycles. The van der Waals surface area contributed by atoms with Crippen molar-refractivity contribution in [3.05, 3.63) is 0 Å². The fraction of sp³-hybridized carbons (Fsp3) is 0.857. The zero-order valence-corrected chi connectivity index (χ0v) is 12.6. The molecule has 2 aliphatic rings. The normalized spacial score (nSPS) is 27.0. The highest BCUT2D eigenvalue weighted by Crippen LogP contribution is 2.35. The molecule has 2 saturated heterocycles. The maximum absolute atomic E-state index is 11.5. The van der Waals surface area contributed by atoms with Gasteiger partial charge in [-0.1, -0.05) is 0 Å². The fourth-order valence-electron chi connectivity index (χ4n) is 3.10. The quantitative estimate of drug-likeness (QED) is 0.439. The van der Waals surface area contributed by atoms with E-state index >= 15 is 0 Å². The number of hydrogen-bond acceptors (Lipinski definition) is 3. The van der Waals surface area contributed by atoms with Gasteiger partial charge in [0.1, 0.15) is 0 Å². The minimum absolute atomic E-state index is 0.104. The lowest BCUT2D eigenvalue weighted by Crippen LogP contribution is -2.51. The standard InChI is InChI=1S/C14H26N4O2/c1-3-15-13(16-6-8-20-2)18-7-4-5-14(11-18)9-12(19)17-10-14/h3-11H2,1-2H3,(H,15,16)(H,17,19). The van der Waals surface area contributed by atoms with E-state index in [1.807, 2.05) is 0 Å². The summed E-state index contributed by atoms with van der Waals surface area (Å²) >= 11 is 0. The Morgan fingerprint density at radius 2 is 2.45 bits per heavy atom. The molecule has 0 saturated carbocycles. The Kier molecular flexibility index (Phi) is 5.23. The van der Waals surface area contributed by atoms with E-state index in [4.69, 9.17) is 4.74 Å². The Labute approximate surface area is 121 Å². The molecule has 20 heavy (non-hydrogen) atoms.